The van der Waals surface area contributed by atoms with E-state index in [1.165, 1.54) is 12.7 Å². The normalized spacial score (nSPS) is 10.3. The van der Waals surface area contributed by atoms with Crippen molar-refractivity contribution in [3.8, 4) is 17.2 Å². The van der Waals surface area contributed by atoms with Gasteiger partial charge in [-0.2, -0.15) is 0 Å². The maximum atomic E-state index is 11.0. The van der Waals surface area contributed by atoms with Crippen LogP contribution in [0.3, 0.4) is 0 Å². The number of aromatic hydroxyl groups is 1. The van der Waals surface area contributed by atoms with Gasteiger partial charge in [0.1, 0.15) is 5.75 Å². The molecule has 26 heavy (non-hydrogen) atoms. The molecular formula is C20H25NO5. The van der Waals surface area contributed by atoms with Gasteiger partial charge in [-0.25, -0.2) is 4.79 Å². The molecule has 2 aromatic carbocycles. The number of phenolic OH excluding ortho intramolecular Hbond substituents is 1. The van der Waals surface area contributed by atoms with Gasteiger partial charge < -0.3 is 24.6 Å². The molecule has 2 rings (SSSR count). The maximum Gasteiger partial charge on any atom is 0.343 e. The predicted molar refractivity (Wildman–Crippen MR) is 98.7 cm³/mol. The van der Waals surface area contributed by atoms with Gasteiger partial charge in [0, 0.05) is 0 Å². The Morgan fingerprint density at radius 2 is 1.81 bits per heavy atom. The van der Waals surface area contributed by atoms with Gasteiger partial charge in [0.25, 0.3) is 0 Å². The highest BCUT2D eigenvalue weighted by Gasteiger charge is 2.02. The topological polar surface area (TPSA) is 77.0 Å². The Labute approximate surface area is 153 Å². The Hall–Kier alpha value is -2.73. The van der Waals surface area contributed by atoms with Crippen LogP contribution in [0.25, 0.3) is 0 Å². The van der Waals surface area contributed by atoms with E-state index in [1.807, 2.05) is 30.3 Å². The highest BCUT2D eigenvalue weighted by molar-refractivity contribution is 5.70. The molecule has 0 unspecified atom stereocenters. The lowest BCUT2D eigenvalue weighted by Crippen LogP contribution is -2.20. The van der Waals surface area contributed by atoms with Crippen LogP contribution in [0.15, 0.2) is 48.5 Å². The van der Waals surface area contributed by atoms with Crippen LogP contribution >= 0.6 is 0 Å². The minimum atomic E-state index is -0.398. The van der Waals surface area contributed by atoms with Crippen LogP contribution < -0.4 is 14.8 Å². The van der Waals surface area contributed by atoms with Crippen molar-refractivity contribution in [3.05, 3.63) is 54.1 Å². The van der Waals surface area contributed by atoms with Crippen LogP contribution in [-0.4, -0.2) is 44.5 Å². The molecule has 0 bridgehead atoms. The third kappa shape index (κ3) is 7.03. The first-order valence-corrected chi connectivity index (χ1v) is 8.59. The van der Waals surface area contributed by atoms with E-state index in [9.17, 15) is 9.90 Å². The second-order valence-electron chi connectivity index (χ2n) is 5.68. The Bertz CT molecular complexity index is 672. The summed E-state index contributed by atoms with van der Waals surface area (Å²) in [6.07, 6.45) is 1.76. The van der Waals surface area contributed by atoms with Gasteiger partial charge >= 0.3 is 5.97 Å². The number of carbonyl (C=O) groups excluding carboxylic acids is 1. The molecule has 2 N–H and O–H groups in total. The molecule has 0 radical (unpaired) electrons. The van der Waals surface area contributed by atoms with Crippen LogP contribution in [0.5, 0.6) is 17.2 Å². The Morgan fingerprint density at radius 3 is 2.54 bits per heavy atom. The van der Waals surface area contributed by atoms with E-state index in [-0.39, 0.29) is 12.4 Å². The summed E-state index contributed by atoms with van der Waals surface area (Å²) in [6.45, 7) is 2.17. The van der Waals surface area contributed by atoms with Gasteiger partial charge in [-0.1, -0.05) is 24.3 Å². The van der Waals surface area contributed by atoms with E-state index in [0.29, 0.717) is 18.1 Å². The van der Waals surface area contributed by atoms with Crippen LogP contribution in [0.4, 0.5) is 0 Å². The minimum Gasteiger partial charge on any atom is -0.504 e. The monoisotopic (exact) mass is 359 g/mol. The predicted octanol–water partition coefficient (Wildman–Crippen LogP) is 2.55. The molecule has 0 aromatic heterocycles. The summed E-state index contributed by atoms with van der Waals surface area (Å²) in [4.78, 5) is 11.0. The van der Waals surface area contributed by atoms with Gasteiger partial charge in [-0.3, -0.25) is 0 Å². The standard InChI is InChI=1S/C20H25NO5/c1-24-20(23)15-26-17-9-7-16(8-10-17)11-13-21-12-4-14-25-19-6-3-2-5-18(19)22/h2-3,5-10,21-22H,4,11-15H2,1H3. The number of hydrogen-bond acceptors (Lipinski definition) is 6. The molecule has 140 valence electrons. The van der Waals surface area contributed by atoms with Crippen molar-refractivity contribution < 1.29 is 24.1 Å². The van der Waals surface area contributed by atoms with Crippen molar-refractivity contribution in [3.63, 3.8) is 0 Å². The van der Waals surface area contributed by atoms with Crippen molar-refractivity contribution >= 4 is 5.97 Å². The number of esters is 1. The van der Waals surface area contributed by atoms with E-state index in [1.54, 1.807) is 18.2 Å². The Morgan fingerprint density at radius 1 is 1.04 bits per heavy atom. The fraction of sp³-hybridized carbons (Fsp3) is 0.350. The van der Waals surface area contributed by atoms with Crippen molar-refractivity contribution in [2.24, 2.45) is 0 Å². The van der Waals surface area contributed by atoms with Crippen molar-refractivity contribution in [1.82, 2.24) is 5.32 Å². The Kier molecular flexibility index (Phi) is 8.29. The number of carbonyl (C=O) groups is 1. The SMILES string of the molecule is COC(=O)COc1ccc(CCNCCCOc2ccccc2O)cc1. The van der Waals surface area contributed by atoms with Crippen LogP contribution in [0, 0.1) is 0 Å². The summed E-state index contributed by atoms with van der Waals surface area (Å²) in [7, 11) is 1.33. The molecule has 0 heterocycles. The zero-order chi connectivity index (χ0) is 18.6. The zero-order valence-electron chi connectivity index (χ0n) is 14.9. The largest absolute Gasteiger partial charge is 0.504 e. The number of rotatable bonds is 11. The van der Waals surface area contributed by atoms with E-state index in [0.717, 1.165) is 25.9 Å². The van der Waals surface area contributed by atoms with Gasteiger partial charge in [0.2, 0.25) is 0 Å². The molecule has 0 aliphatic heterocycles. The first-order chi connectivity index (χ1) is 12.7. The quantitative estimate of drug-likeness (QED) is 0.474. The summed E-state index contributed by atoms with van der Waals surface area (Å²) in [5.41, 5.74) is 1.19. The second-order valence-corrected chi connectivity index (χ2v) is 5.68. The van der Waals surface area contributed by atoms with Crippen molar-refractivity contribution in [2.45, 2.75) is 12.8 Å². The first-order valence-electron chi connectivity index (χ1n) is 8.59. The Balaban J connectivity index is 1.55. The average molecular weight is 359 g/mol. The van der Waals surface area contributed by atoms with E-state index in [4.69, 9.17) is 9.47 Å². The zero-order valence-corrected chi connectivity index (χ0v) is 14.9. The number of methoxy groups -OCH3 is 1. The smallest absolute Gasteiger partial charge is 0.343 e. The number of phenols is 1. The summed E-state index contributed by atoms with van der Waals surface area (Å²) >= 11 is 0. The van der Waals surface area contributed by atoms with E-state index >= 15 is 0 Å². The molecular weight excluding hydrogens is 334 g/mol. The highest BCUT2D eigenvalue weighted by atomic mass is 16.6. The number of ether oxygens (including phenoxy) is 3. The maximum absolute atomic E-state index is 11.0. The molecule has 0 saturated heterocycles. The lowest BCUT2D eigenvalue weighted by Gasteiger charge is -2.09. The van der Waals surface area contributed by atoms with Gasteiger partial charge in [-0.05, 0) is 55.8 Å². The summed E-state index contributed by atoms with van der Waals surface area (Å²) in [5, 5.41) is 13.0. The summed E-state index contributed by atoms with van der Waals surface area (Å²) in [6, 6.07) is 14.6. The lowest BCUT2D eigenvalue weighted by atomic mass is 10.1. The molecule has 0 fully saturated rings. The third-order valence-corrected chi connectivity index (χ3v) is 3.72. The van der Waals surface area contributed by atoms with Gasteiger partial charge in [0.05, 0.1) is 13.7 Å². The molecule has 6 heteroatoms. The van der Waals surface area contributed by atoms with Crippen molar-refractivity contribution in [1.29, 1.82) is 0 Å². The van der Waals surface area contributed by atoms with Crippen LogP contribution in [0.2, 0.25) is 0 Å². The molecule has 0 amide bonds. The first kappa shape index (κ1) is 19.6. The van der Waals surface area contributed by atoms with E-state index < -0.39 is 5.97 Å². The number of para-hydroxylation sites is 2. The number of hydrogen-bond donors (Lipinski definition) is 2. The lowest BCUT2D eigenvalue weighted by molar-refractivity contribution is -0.142. The fourth-order valence-electron chi connectivity index (χ4n) is 2.27. The van der Waals surface area contributed by atoms with Gasteiger partial charge in [0.15, 0.2) is 18.1 Å². The fourth-order valence-corrected chi connectivity index (χ4v) is 2.27. The van der Waals surface area contributed by atoms with Crippen molar-refractivity contribution in [2.75, 3.05) is 33.4 Å². The third-order valence-electron chi connectivity index (χ3n) is 3.72. The molecule has 0 saturated carbocycles. The number of benzene rings is 2. The van der Waals surface area contributed by atoms with Crippen LogP contribution in [-0.2, 0) is 16.0 Å². The number of nitrogens with one attached hydrogen (secondary N) is 1. The molecule has 0 aliphatic carbocycles. The van der Waals surface area contributed by atoms with E-state index in [2.05, 4.69) is 10.1 Å². The minimum absolute atomic E-state index is 0.0831. The molecule has 2 aromatic rings. The molecule has 0 spiro atoms. The molecule has 6 nitrogen and oxygen atoms in total. The average Bonchev–Trinajstić information content (AvgIpc) is 2.67. The van der Waals surface area contributed by atoms with Crippen LogP contribution in [0.1, 0.15) is 12.0 Å². The molecule has 0 atom stereocenters. The summed E-state index contributed by atoms with van der Waals surface area (Å²) in [5.74, 6) is 0.930. The summed E-state index contributed by atoms with van der Waals surface area (Å²) < 4.78 is 15.4. The van der Waals surface area contributed by atoms with Gasteiger partial charge in [-0.15, -0.1) is 0 Å². The second kappa shape index (κ2) is 11.0. The highest BCUT2D eigenvalue weighted by Crippen LogP contribution is 2.24. The molecule has 0 aliphatic rings.